The lowest BCUT2D eigenvalue weighted by Gasteiger charge is -2.25. The maximum atomic E-state index is 11.6. The highest BCUT2D eigenvalue weighted by atomic mass is 32.1. The summed E-state index contributed by atoms with van der Waals surface area (Å²) in [5, 5.41) is 14.8. The first-order valence-corrected chi connectivity index (χ1v) is 10.1. The number of nitrogens with one attached hydrogen (secondary N) is 1. The molecule has 6 heteroatoms. The summed E-state index contributed by atoms with van der Waals surface area (Å²) in [5.74, 6) is -0.765. The van der Waals surface area contributed by atoms with Gasteiger partial charge in [-0.05, 0) is 48.4 Å². The Morgan fingerprint density at radius 3 is 2.48 bits per heavy atom. The van der Waals surface area contributed by atoms with Crippen molar-refractivity contribution in [1.82, 2.24) is 5.32 Å². The average Bonchev–Trinajstić information content (AvgIpc) is 3.11. The van der Waals surface area contributed by atoms with Crippen LogP contribution in [0.3, 0.4) is 0 Å². The van der Waals surface area contributed by atoms with E-state index in [1.165, 1.54) is 0 Å². The van der Waals surface area contributed by atoms with Crippen LogP contribution in [-0.4, -0.2) is 30.0 Å². The van der Waals surface area contributed by atoms with Gasteiger partial charge in [0, 0.05) is 24.4 Å². The fourth-order valence-corrected chi connectivity index (χ4v) is 3.72. The number of hydrogen-bond acceptors (Lipinski definition) is 5. The number of aliphatic carboxylic acids is 1. The summed E-state index contributed by atoms with van der Waals surface area (Å²) in [6.45, 7) is 6.75. The summed E-state index contributed by atoms with van der Waals surface area (Å²) in [6, 6.07) is 9.53. The average molecular weight is 390 g/mol. The third-order valence-corrected chi connectivity index (χ3v) is 5.35. The van der Waals surface area contributed by atoms with Gasteiger partial charge >= 0.3 is 5.97 Å². The summed E-state index contributed by atoms with van der Waals surface area (Å²) in [5.41, 5.74) is 1.37. The highest BCUT2D eigenvalue weighted by molar-refractivity contribution is 7.10. The number of carbonyl (C=O) groups excluding carboxylic acids is 1. The Kier molecular flexibility index (Phi) is 7.71. The van der Waals surface area contributed by atoms with Crippen LogP contribution in [0.25, 0.3) is 11.1 Å². The molecule has 0 bridgehead atoms. The van der Waals surface area contributed by atoms with Gasteiger partial charge in [-0.15, -0.1) is 11.3 Å². The summed E-state index contributed by atoms with van der Waals surface area (Å²) < 4.78 is 5.47. The molecule has 2 aromatic rings. The number of thiophene rings is 1. The largest absolute Gasteiger partial charge is 0.479 e. The normalized spacial score (nSPS) is 13.3. The second-order valence-corrected chi connectivity index (χ2v) is 7.54. The zero-order valence-corrected chi connectivity index (χ0v) is 16.9. The van der Waals surface area contributed by atoms with E-state index < -0.39 is 11.6 Å². The minimum absolute atomic E-state index is 0.237. The van der Waals surface area contributed by atoms with Gasteiger partial charge in [-0.3, -0.25) is 4.79 Å². The Morgan fingerprint density at radius 1 is 1.19 bits per heavy atom. The van der Waals surface area contributed by atoms with E-state index in [1.54, 1.807) is 37.3 Å². The number of rotatable bonds is 11. The first-order valence-electron chi connectivity index (χ1n) is 9.18. The molecule has 0 spiro atoms. The molecule has 0 radical (unpaired) electrons. The minimum Gasteiger partial charge on any atom is -0.479 e. The highest BCUT2D eigenvalue weighted by Crippen LogP contribution is 2.30. The Hall–Kier alpha value is -2.02. The summed E-state index contributed by atoms with van der Waals surface area (Å²) >= 11 is 1.64. The lowest BCUT2D eigenvalue weighted by Crippen LogP contribution is -2.35. The van der Waals surface area contributed by atoms with Crippen LogP contribution in [0.5, 0.6) is 0 Å². The van der Waals surface area contributed by atoms with E-state index in [0.717, 1.165) is 22.4 Å². The monoisotopic (exact) mass is 389 g/mol. The van der Waals surface area contributed by atoms with Crippen LogP contribution in [0, 0.1) is 0 Å². The van der Waals surface area contributed by atoms with E-state index in [-0.39, 0.29) is 5.78 Å². The van der Waals surface area contributed by atoms with Gasteiger partial charge in [0.1, 0.15) is 5.78 Å². The van der Waals surface area contributed by atoms with Crippen molar-refractivity contribution in [3.8, 4) is 11.1 Å². The smallest absolute Gasteiger partial charge is 0.340 e. The van der Waals surface area contributed by atoms with Crippen molar-refractivity contribution in [3.05, 3.63) is 46.2 Å². The number of ether oxygens (including phenoxy) is 1. The Morgan fingerprint density at radius 2 is 1.89 bits per heavy atom. The lowest BCUT2D eigenvalue weighted by atomic mass is 9.94. The molecule has 0 aliphatic rings. The molecule has 1 aromatic heterocycles. The molecule has 5 nitrogen and oxygen atoms in total. The molecule has 2 N–H and O–H groups in total. The fourth-order valence-electron chi connectivity index (χ4n) is 2.86. The summed E-state index contributed by atoms with van der Waals surface area (Å²) in [4.78, 5) is 24.3. The number of carbonyl (C=O) groups is 2. The molecule has 1 atom stereocenters. The number of ketones is 1. The maximum absolute atomic E-state index is 11.6. The van der Waals surface area contributed by atoms with Crippen LogP contribution in [0.15, 0.2) is 35.7 Å². The van der Waals surface area contributed by atoms with Crippen LogP contribution in [0.4, 0.5) is 0 Å². The van der Waals surface area contributed by atoms with Crippen molar-refractivity contribution in [2.24, 2.45) is 0 Å². The van der Waals surface area contributed by atoms with Gasteiger partial charge in [-0.2, -0.15) is 0 Å². The summed E-state index contributed by atoms with van der Waals surface area (Å²) in [6.07, 6.45) is 1.50. The first kappa shape index (κ1) is 21.3. The van der Waals surface area contributed by atoms with E-state index in [1.807, 2.05) is 19.1 Å². The molecular formula is C21H27NO4S. The summed E-state index contributed by atoms with van der Waals surface area (Å²) in [7, 11) is 0. The molecule has 0 saturated carbocycles. The zero-order chi connectivity index (χ0) is 19.9. The van der Waals surface area contributed by atoms with Crippen LogP contribution in [-0.2, 0) is 26.5 Å². The Balaban J connectivity index is 2.04. The minimum atomic E-state index is -1.35. The van der Waals surface area contributed by atoms with E-state index in [9.17, 15) is 14.7 Å². The standard InChI is InChI=1S/C21H27NO4S/c1-4-6-18(23)12-22-13-19-11-16(14-27-19)15-7-9-17(10-8-15)21(3,20(24)25)26-5-2/h7-11,14,22H,4-6,12-13H2,1-3H3,(H,24,25)/t21-/m0/s1. The van der Waals surface area contributed by atoms with Crippen molar-refractivity contribution < 1.29 is 19.4 Å². The van der Waals surface area contributed by atoms with Crippen LogP contribution >= 0.6 is 11.3 Å². The quantitative estimate of drug-likeness (QED) is 0.602. The number of benzene rings is 1. The van der Waals surface area contributed by atoms with Crippen molar-refractivity contribution in [3.63, 3.8) is 0 Å². The van der Waals surface area contributed by atoms with Crippen LogP contribution in [0.2, 0.25) is 0 Å². The third kappa shape index (κ3) is 5.48. The molecule has 0 fully saturated rings. The predicted molar refractivity (Wildman–Crippen MR) is 108 cm³/mol. The van der Waals surface area contributed by atoms with Crippen molar-refractivity contribution in [1.29, 1.82) is 0 Å². The topological polar surface area (TPSA) is 75.6 Å². The fraction of sp³-hybridized carbons (Fsp3) is 0.429. The van der Waals surface area contributed by atoms with Gasteiger partial charge < -0.3 is 15.2 Å². The van der Waals surface area contributed by atoms with Crippen molar-refractivity contribution >= 4 is 23.1 Å². The second-order valence-electron chi connectivity index (χ2n) is 6.54. The second kappa shape index (κ2) is 9.78. The van der Waals surface area contributed by atoms with Crippen molar-refractivity contribution in [2.75, 3.05) is 13.2 Å². The van der Waals surface area contributed by atoms with E-state index in [2.05, 4.69) is 16.8 Å². The number of hydrogen-bond donors (Lipinski definition) is 2. The van der Waals surface area contributed by atoms with E-state index >= 15 is 0 Å². The predicted octanol–water partition coefficient (Wildman–Crippen LogP) is 4.21. The molecular weight excluding hydrogens is 362 g/mol. The SMILES string of the molecule is CCCC(=O)CNCc1cc(-c2ccc([C@](C)(OCC)C(=O)O)cc2)cs1. The molecule has 27 heavy (non-hydrogen) atoms. The Bertz CT molecular complexity index is 769. The molecule has 0 aliphatic carbocycles. The molecule has 2 rings (SSSR count). The van der Waals surface area contributed by atoms with Gasteiger partial charge in [0.15, 0.2) is 5.60 Å². The van der Waals surface area contributed by atoms with Crippen molar-refractivity contribution in [2.45, 2.75) is 45.8 Å². The van der Waals surface area contributed by atoms with Gasteiger partial charge in [0.25, 0.3) is 0 Å². The van der Waals surface area contributed by atoms with Gasteiger partial charge in [-0.1, -0.05) is 31.2 Å². The van der Waals surface area contributed by atoms with E-state index in [0.29, 0.717) is 31.7 Å². The molecule has 0 aliphatic heterocycles. The molecule has 0 amide bonds. The number of carboxylic acids is 1. The molecule has 1 heterocycles. The van der Waals surface area contributed by atoms with Gasteiger partial charge in [0.05, 0.1) is 6.54 Å². The molecule has 1 aromatic carbocycles. The number of Topliss-reactive ketones (excluding diaryl/α,β-unsaturated/α-hetero) is 1. The molecule has 146 valence electrons. The first-order chi connectivity index (χ1) is 12.9. The van der Waals surface area contributed by atoms with Gasteiger partial charge in [0.2, 0.25) is 0 Å². The highest BCUT2D eigenvalue weighted by Gasteiger charge is 2.35. The number of carboxylic acid groups (broad SMARTS) is 1. The third-order valence-electron chi connectivity index (χ3n) is 4.41. The maximum Gasteiger partial charge on any atom is 0.340 e. The molecule has 0 saturated heterocycles. The van der Waals surface area contributed by atoms with E-state index in [4.69, 9.17) is 4.74 Å². The van der Waals surface area contributed by atoms with Crippen LogP contribution in [0.1, 0.15) is 44.1 Å². The van der Waals surface area contributed by atoms with Crippen LogP contribution < -0.4 is 5.32 Å². The van der Waals surface area contributed by atoms with Gasteiger partial charge in [-0.25, -0.2) is 4.79 Å². The molecule has 0 unspecified atom stereocenters. The Labute approximate surface area is 164 Å². The lowest BCUT2D eigenvalue weighted by molar-refractivity contribution is -0.164. The zero-order valence-electron chi connectivity index (χ0n) is 16.1.